The van der Waals surface area contributed by atoms with E-state index < -0.39 is 0 Å². The van der Waals surface area contributed by atoms with Gasteiger partial charge in [-0.05, 0) is 13.8 Å². The first-order chi connectivity index (χ1) is 3.77. The van der Waals surface area contributed by atoms with E-state index in [9.17, 15) is 4.79 Å². The van der Waals surface area contributed by atoms with Crippen molar-refractivity contribution < 1.29 is 9.53 Å². The summed E-state index contributed by atoms with van der Waals surface area (Å²) in [7, 11) is 0. The van der Waals surface area contributed by atoms with Gasteiger partial charge in [0.1, 0.15) is 6.29 Å². The Hall–Kier alpha value is -0.790. The minimum absolute atomic E-state index is 0.159. The van der Waals surface area contributed by atoms with Gasteiger partial charge in [0.05, 0.1) is 12.4 Å². The summed E-state index contributed by atoms with van der Waals surface area (Å²) >= 11 is 0. The number of carbonyl (C=O) groups is 1. The zero-order valence-corrected chi connectivity index (χ0v) is 5.13. The number of allylic oxidation sites excluding steroid dienone is 1. The topological polar surface area (TPSA) is 26.3 Å². The Balaban J connectivity index is 3.15. The molecule has 0 atom stereocenters. The number of carbonyl (C=O) groups excluding carboxylic acids is 1. The lowest BCUT2D eigenvalue weighted by Crippen LogP contribution is -1.94. The van der Waals surface area contributed by atoms with Gasteiger partial charge in [-0.2, -0.15) is 0 Å². The van der Waals surface area contributed by atoms with Crippen molar-refractivity contribution in [2.45, 2.75) is 20.0 Å². The first-order valence-electron chi connectivity index (χ1n) is 2.53. The van der Waals surface area contributed by atoms with Crippen molar-refractivity contribution in [3.05, 3.63) is 12.3 Å². The van der Waals surface area contributed by atoms with Crippen LogP contribution in [-0.4, -0.2) is 12.4 Å². The fourth-order valence-electron chi connectivity index (χ4n) is 0.235. The van der Waals surface area contributed by atoms with Crippen molar-refractivity contribution in [3.8, 4) is 0 Å². The van der Waals surface area contributed by atoms with Gasteiger partial charge in [-0.25, -0.2) is 0 Å². The lowest BCUT2D eigenvalue weighted by molar-refractivity contribution is -0.104. The maximum atomic E-state index is 9.62. The Kier molecular flexibility index (Phi) is 3.94. The maximum absolute atomic E-state index is 9.62. The van der Waals surface area contributed by atoms with E-state index in [4.69, 9.17) is 4.74 Å². The van der Waals surface area contributed by atoms with E-state index in [1.54, 1.807) is 0 Å². The molecule has 0 radical (unpaired) electrons. The van der Waals surface area contributed by atoms with Crippen molar-refractivity contribution in [2.75, 3.05) is 0 Å². The molecule has 0 aliphatic carbocycles. The van der Waals surface area contributed by atoms with Crippen molar-refractivity contribution in [2.24, 2.45) is 0 Å². The van der Waals surface area contributed by atoms with Crippen LogP contribution in [0.5, 0.6) is 0 Å². The predicted molar refractivity (Wildman–Crippen MR) is 31.4 cm³/mol. The molecule has 0 heterocycles. The highest BCUT2D eigenvalue weighted by Gasteiger charge is 1.82. The third kappa shape index (κ3) is 5.21. The molecule has 0 unspecified atom stereocenters. The first kappa shape index (κ1) is 7.21. The minimum atomic E-state index is 0.159. The molecule has 0 bridgehead atoms. The Bertz CT molecular complexity index is 84.5. The molecular formula is C6H10O2. The highest BCUT2D eigenvalue weighted by atomic mass is 16.5. The zero-order chi connectivity index (χ0) is 6.41. The SMILES string of the molecule is CC(C)O/C=C\C=O. The molecule has 0 aromatic carbocycles. The monoisotopic (exact) mass is 114 g/mol. The van der Waals surface area contributed by atoms with Crippen LogP contribution in [0.3, 0.4) is 0 Å². The molecule has 0 aliphatic rings. The summed E-state index contributed by atoms with van der Waals surface area (Å²) in [6.45, 7) is 3.80. The lowest BCUT2D eigenvalue weighted by atomic mass is 10.5. The van der Waals surface area contributed by atoms with Crippen LogP contribution in [0.1, 0.15) is 13.8 Å². The zero-order valence-electron chi connectivity index (χ0n) is 5.13. The largest absolute Gasteiger partial charge is 0.499 e. The van der Waals surface area contributed by atoms with Crippen LogP contribution in [0.15, 0.2) is 12.3 Å². The smallest absolute Gasteiger partial charge is 0.145 e. The second-order valence-electron chi connectivity index (χ2n) is 1.65. The molecule has 46 valence electrons. The number of ether oxygens (including phenoxy) is 1. The van der Waals surface area contributed by atoms with Gasteiger partial charge in [0.2, 0.25) is 0 Å². The lowest BCUT2D eigenvalue weighted by Gasteiger charge is -2.00. The fourth-order valence-corrected chi connectivity index (χ4v) is 0.235. The van der Waals surface area contributed by atoms with E-state index in [0.29, 0.717) is 6.29 Å². The maximum Gasteiger partial charge on any atom is 0.145 e. The summed E-state index contributed by atoms with van der Waals surface area (Å²) in [6, 6.07) is 0. The Morgan fingerprint density at radius 1 is 1.50 bits per heavy atom. The molecule has 0 N–H and O–H groups in total. The Morgan fingerprint density at radius 3 is 2.50 bits per heavy atom. The molecule has 0 spiro atoms. The van der Waals surface area contributed by atoms with Crippen LogP contribution in [0.4, 0.5) is 0 Å². The van der Waals surface area contributed by atoms with E-state index in [0.717, 1.165) is 0 Å². The normalized spacial score (nSPS) is 10.4. The van der Waals surface area contributed by atoms with Gasteiger partial charge in [0.25, 0.3) is 0 Å². The second-order valence-corrected chi connectivity index (χ2v) is 1.65. The van der Waals surface area contributed by atoms with Crippen LogP contribution in [0.2, 0.25) is 0 Å². The van der Waals surface area contributed by atoms with E-state index in [2.05, 4.69) is 0 Å². The molecule has 0 saturated heterocycles. The van der Waals surface area contributed by atoms with Crippen LogP contribution >= 0.6 is 0 Å². The predicted octanol–water partition coefficient (Wildman–Crippen LogP) is 1.12. The van der Waals surface area contributed by atoms with Gasteiger partial charge in [0.15, 0.2) is 0 Å². The third-order valence-electron chi connectivity index (χ3n) is 0.508. The average Bonchev–Trinajstić information content (AvgIpc) is 1.66. The van der Waals surface area contributed by atoms with Gasteiger partial charge in [0, 0.05) is 6.08 Å². The van der Waals surface area contributed by atoms with Crippen LogP contribution < -0.4 is 0 Å². The average molecular weight is 114 g/mol. The summed E-state index contributed by atoms with van der Waals surface area (Å²) in [5.41, 5.74) is 0. The molecule has 0 aliphatic heterocycles. The van der Waals surface area contributed by atoms with E-state index in [-0.39, 0.29) is 6.10 Å². The van der Waals surface area contributed by atoms with E-state index in [1.165, 1.54) is 12.3 Å². The molecule has 0 amide bonds. The van der Waals surface area contributed by atoms with E-state index >= 15 is 0 Å². The Labute approximate surface area is 49.1 Å². The number of aldehydes is 1. The van der Waals surface area contributed by atoms with Crippen molar-refractivity contribution in [1.29, 1.82) is 0 Å². The van der Waals surface area contributed by atoms with Gasteiger partial charge < -0.3 is 4.74 Å². The number of rotatable bonds is 3. The van der Waals surface area contributed by atoms with Crippen LogP contribution in [-0.2, 0) is 9.53 Å². The van der Waals surface area contributed by atoms with Crippen molar-refractivity contribution in [3.63, 3.8) is 0 Å². The van der Waals surface area contributed by atoms with E-state index in [1.807, 2.05) is 13.8 Å². The van der Waals surface area contributed by atoms with Gasteiger partial charge in [-0.3, -0.25) is 4.79 Å². The van der Waals surface area contributed by atoms with Gasteiger partial charge in [-0.15, -0.1) is 0 Å². The summed E-state index contributed by atoms with van der Waals surface area (Å²) in [5, 5.41) is 0. The highest BCUT2D eigenvalue weighted by molar-refractivity contribution is 5.64. The summed E-state index contributed by atoms with van der Waals surface area (Å²) < 4.78 is 4.87. The quantitative estimate of drug-likeness (QED) is 0.312. The molecule has 2 heteroatoms. The summed E-state index contributed by atoms with van der Waals surface area (Å²) in [5.74, 6) is 0. The molecular weight excluding hydrogens is 104 g/mol. The molecule has 0 aromatic rings. The third-order valence-corrected chi connectivity index (χ3v) is 0.508. The second kappa shape index (κ2) is 4.37. The van der Waals surface area contributed by atoms with Crippen molar-refractivity contribution in [1.82, 2.24) is 0 Å². The summed E-state index contributed by atoms with van der Waals surface area (Å²) in [6.07, 6.45) is 3.55. The van der Waals surface area contributed by atoms with Crippen molar-refractivity contribution >= 4 is 6.29 Å². The van der Waals surface area contributed by atoms with Crippen LogP contribution in [0, 0.1) is 0 Å². The first-order valence-corrected chi connectivity index (χ1v) is 2.53. The number of hydrogen-bond acceptors (Lipinski definition) is 2. The molecule has 0 aromatic heterocycles. The minimum Gasteiger partial charge on any atom is -0.499 e. The molecule has 2 nitrogen and oxygen atoms in total. The van der Waals surface area contributed by atoms with Gasteiger partial charge in [-0.1, -0.05) is 0 Å². The summed E-state index contributed by atoms with van der Waals surface area (Å²) in [4.78, 5) is 9.62. The Morgan fingerprint density at radius 2 is 2.12 bits per heavy atom. The molecule has 0 fully saturated rings. The fraction of sp³-hybridized carbons (Fsp3) is 0.500. The van der Waals surface area contributed by atoms with Gasteiger partial charge >= 0.3 is 0 Å². The number of hydrogen-bond donors (Lipinski definition) is 0. The molecule has 0 saturated carbocycles. The van der Waals surface area contributed by atoms with Crippen LogP contribution in [0.25, 0.3) is 0 Å². The molecule has 8 heavy (non-hydrogen) atoms. The standard InChI is InChI=1S/C6H10O2/c1-6(2)8-5-3-4-7/h3-6H,1-2H3/b5-3-. The molecule has 0 rings (SSSR count). The highest BCUT2D eigenvalue weighted by Crippen LogP contribution is 1.85.